The quantitative estimate of drug-likeness (QED) is 0.739. The molecule has 0 radical (unpaired) electrons. The van der Waals surface area contributed by atoms with Crippen molar-refractivity contribution >= 4 is 11.6 Å². The number of rotatable bonds is 8. The molecule has 5 heteroatoms. The summed E-state index contributed by atoms with van der Waals surface area (Å²) in [6, 6.07) is 7.68. The van der Waals surface area contributed by atoms with Gasteiger partial charge in [0, 0.05) is 39.4 Å². The van der Waals surface area contributed by atoms with Gasteiger partial charge in [0.1, 0.15) is 0 Å². The lowest BCUT2D eigenvalue weighted by atomic mass is 10.1. The van der Waals surface area contributed by atoms with Crippen LogP contribution in [0.3, 0.4) is 0 Å². The van der Waals surface area contributed by atoms with Crippen LogP contribution < -0.4 is 5.32 Å². The van der Waals surface area contributed by atoms with E-state index in [-0.39, 0.29) is 12.5 Å². The van der Waals surface area contributed by atoms with E-state index in [0.717, 1.165) is 17.8 Å². The number of nitrogens with one attached hydrogen (secondary N) is 1. The maximum absolute atomic E-state index is 11.2. The second kappa shape index (κ2) is 8.63. The number of para-hydroxylation sites is 1. The van der Waals surface area contributed by atoms with E-state index >= 15 is 0 Å². The summed E-state index contributed by atoms with van der Waals surface area (Å²) in [5.41, 5.74) is 1.85. The highest BCUT2D eigenvalue weighted by atomic mass is 16.5. The van der Waals surface area contributed by atoms with Crippen molar-refractivity contribution in [1.29, 1.82) is 0 Å². The van der Waals surface area contributed by atoms with Gasteiger partial charge in [0.25, 0.3) is 0 Å². The number of nitrogens with zero attached hydrogens (tertiary/aromatic N) is 1. The highest BCUT2D eigenvalue weighted by Gasteiger charge is 2.09. The maximum Gasteiger partial charge on any atom is 0.221 e. The van der Waals surface area contributed by atoms with E-state index < -0.39 is 0 Å². The summed E-state index contributed by atoms with van der Waals surface area (Å²) in [5, 5.41) is 11.9. The number of ether oxygens (including phenoxy) is 1. The summed E-state index contributed by atoms with van der Waals surface area (Å²) < 4.78 is 5.06. The Morgan fingerprint density at radius 1 is 1.37 bits per heavy atom. The predicted molar refractivity (Wildman–Crippen MR) is 75.0 cm³/mol. The Balaban J connectivity index is 2.73. The van der Waals surface area contributed by atoms with E-state index in [1.165, 1.54) is 6.92 Å². The molecule has 0 spiro atoms. The van der Waals surface area contributed by atoms with E-state index in [1.54, 1.807) is 7.11 Å². The van der Waals surface area contributed by atoms with E-state index in [9.17, 15) is 4.79 Å². The number of hydrogen-bond acceptors (Lipinski definition) is 4. The normalized spacial score (nSPS) is 10.7. The fourth-order valence-corrected chi connectivity index (χ4v) is 1.84. The van der Waals surface area contributed by atoms with Gasteiger partial charge in [-0.1, -0.05) is 18.2 Å². The summed E-state index contributed by atoms with van der Waals surface area (Å²) in [7, 11) is 1.66. The zero-order valence-electron chi connectivity index (χ0n) is 11.6. The molecule has 0 atom stereocenters. The van der Waals surface area contributed by atoms with Crippen molar-refractivity contribution in [3.05, 3.63) is 29.8 Å². The Hall–Kier alpha value is -1.43. The lowest BCUT2D eigenvalue weighted by molar-refractivity contribution is -0.114. The molecule has 0 aliphatic carbocycles. The first-order valence-corrected chi connectivity index (χ1v) is 6.35. The van der Waals surface area contributed by atoms with Gasteiger partial charge in [-0.15, -0.1) is 0 Å². The van der Waals surface area contributed by atoms with Crippen molar-refractivity contribution in [3.63, 3.8) is 0 Å². The average Bonchev–Trinajstić information content (AvgIpc) is 2.38. The molecule has 0 saturated heterocycles. The lowest BCUT2D eigenvalue weighted by Gasteiger charge is -2.22. The molecule has 0 aliphatic rings. The van der Waals surface area contributed by atoms with Crippen LogP contribution in [0.2, 0.25) is 0 Å². The van der Waals surface area contributed by atoms with Crippen LogP contribution in [0.1, 0.15) is 12.5 Å². The van der Waals surface area contributed by atoms with Crippen LogP contribution in [0.25, 0.3) is 0 Å². The molecule has 1 aromatic rings. The van der Waals surface area contributed by atoms with Gasteiger partial charge >= 0.3 is 0 Å². The zero-order valence-corrected chi connectivity index (χ0v) is 11.6. The van der Waals surface area contributed by atoms with E-state index in [0.29, 0.717) is 19.7 Å². The molecule has 106 valence electrons. The van der Waals surface area contributed by atoms with Crippen molar-refractivity contribution in [3.8, 4) is 0 Å². The zero-order chi connectivity index (χ0) is 14.1. The lowest BCUT2D eigenvalue weighted by Crippen LogP contribution is -2.30. The average molecular weight is 266 g/mol. The second-order valence-corrected chi connectivity index (χ2v) is 4.33. The molecule has 0 heterocycles. The molecule has 0 aliphatic heterocycles. The highest BCUT2D eigenvalue weighted by Crippen LogP contribution is 2.17. The van der Waals surface area contributed by atoms with E-state index in [1.807, 2.05) is 24.3 Å². The molecule has 1 rings (SSSR count). The number of carbonyl (C=O) groups is 1. The highest BCUT2D eigenvalue weighted by molar-refractivity contribution is 5.89. The van der Waals surface area contributed by atoms with Crippen LogP contribution in [-0.2, 0) is 16.1 Å². The Kier molecular flexibility index (Phi) is 7.10. The van der Waals surface area contributed by atoms with Crippen LogP contribution in [0.15, 0.2) is 24.3 Å². The van der Waals surface area contributed by atoms with E-state index in [4.69, 9.17) is 9.84 Å². The van der Waals surface area contributed by atoms with Gasteiger partial charge in [0.2, 0.25) is 5.91 Å². The molecule has 2 N–H and O–H groups in total. The van der Waals surface area contributed by atoms with E-state index in [2.05, 4.69) is 10.2 Å². The molecule has 1 amide bonds. The third kappa shape index (κ3) is 5.83. The third-order valence-electron chi connectivity index (χ3n) is 2.75. The SMILES string of the molecule is COCCN(CCO)Cc1ccccc1NC(C)=O. The van der Waals surface area contributed by atoms with Crippen molar-refractivity contribution in [2.45, 2.75) is 13.5 Å². The molecule has 0 saturated carbocycles. The topological polar surface area (TPSA) is 61.8 Å². The Labute approximate surface area is 114 Å². The number of carbonyl (C=O) groups excluding carboxylic acids is 1. The largest absolute Gasteiger partial charge is 0.395 e. The van der Waals surface area contributed by atoms with Crippen molar-refractivity contribution in [2.24, 2.45) is 0 Å². The Bertz CT molecular complexity index is 396. The summed E-state index contributed by atoms with van der Waals surface area (Å²) in [4.78, 5) is 13.3. The molecule has 0 unspecified atom stereocenters. The van der Waals surface area contributed by atoms with Crippen molar-refractivity contribution in [2.75, 3.05) is 38.7 Å². The summed E-state index contributed by atoms with van der Waals surface area (Å²) in [6.07, 6.45) is 0. The van der Waals surface area contributed by atoms with Gasteiger partial charge in [0.05, 0.1) is 13.2 Å². The summed E-state index contributed by atoms with van der Waals surface area (Å²) >= 11 is 0. The number of aliphatic hydroxyl groups is 1. The molecule has 19 heavy (non-hydrogen) atoms. The van der Waals surface area contributed by atoms with Gasteiger partial charge in [0.15, 0.2) is 0 Å². The molecule has 0 aromatic heterocycles. The number of aliphatic hydroxyl groups excluding tert-OH is 1. The monoisotopic (exact) mass is 266 g/mol. The van der Waals surface area contributed by atoms with Gasteiger partial charge in [-0.25, -0.2) is 0 Å². The fraction of sp³-hybridized carbons (Fsp3) is 0.500. The first-order chi connectivity index (χ1) is 9.17. The first kappa shape index (κ1) is 15.6. The predicted octanol–water partition coefficient (Wildman–Crippen LogP) is 1.09. The standard InChI is InChI=1S/C14H22N2O3/c1-12(18)15-14-6-4-3-5-13(14)11-16(7-9-17)8-10-19-2/h3-6,17H,7-11H2,1-2H3,(H,15,18). The van der Waals surface area contributed by atoms with Crippen LogP contribution in [0, 0.1) is 0 Å². The first-order valence-electron chi connectivity index (χ1n) is 6.35. The van der Waals surface area contributed by atoms with Crippen LogP contribution in [0.4, 0.5) is 5.69 Å². The maximum atomic E-state index is 11.2. The third-order valence-corrected chi connectivity index (χ3v) is 2.75. The number of benzene rings is 1. The molecular formula is C14H22N2O3. The molecule has 1 aromatic carbocycles. The fourth-order valence-electron chi connectivity index (χ4n) is 1.84. The number of hydrogen-bond donors (Lipinski definition) is 2. The van der Waals surface area contributed by atoms with Gasteiger partial charge < -0.3 is 15.2 Å². The minimum Gasteiger partial charge on any atom is -0.395 e. The van der Waals surface area contributed by atoms with Crippen LogP contribution >= 0.6 is 0 Å². The van der Waals surface area contributed by atoms with Gasteiger partial charge in [-0.05, 0) is 11.6 Å². The van der Waals surface area contributed by atoms with Crippen molar-refractivity contribution < 1.29 is 14.6 Å². The number of anilines is 1. The van der Waals surface area contributed by atoms with Gasteiger partial charge in [-0.3, -0.25) is 9.69 Å². The second-order valence-electron chi connectivity index (χ2n) is 4.33. The van der Waals surface area contributed by atoms with Crippen molar-refractivity contribution in [1.82, 2.24) is 4.90 Å². The smallest absolute Gasteiger partial charge is 0.221 e. The summed E-state index contributed by atoms with van der Waals surface area (Å²) in [5.74, 6) is -0.0851. The Morgan fingerprint density at radius 3 is 2.74 bits per heavy atom. The molecular weight excluding hydrogens is 244 g/mol. The minimum atomic E-state index is -0.0851. The summed E-state index contributed by atoms with van der Waals surface area (Å²) in [6.45, 7) is 4.20. The Morgan fingerprint density at radius 2 is 2.11 bits per heavy atom. The number of methoxy groups -OCH3 is 1. The number of amides is 1. The minimum absolute atomic E-state index is 0.0851. The van der Waals surface area contributed by atoms with Crippen LogP contribution in [0.5, 0.6) is 0 Å². The molecule has 0 bridgehead atoms. The molecule has 0 fully saturated rings. The van der Waals surface area contributed by atoms with Gasteiger partial charge in [-0.2, -0.15) is 0 Å². The van der Waals surface area contributed by atoms with Crippen LogP contribution in [-0.4, -0.2) is 49.3 Å². The molecule has 5 nitrogen and oxygen atoms in total.